The average molecular weight is 331 g/mol. The first kappa shape index (κ1) is 15.2. The van der Waals surface area contributed by atoms with E-state index in [1.54, 1.807) is 18.2 Å². The highest BCUT2D eigenvalue weighted by Crippen LogP contribution is 2.29. The molecule has 1 aromatic heterocycles. The van der Waals surface area contributed by atoms with Crippen LogP contribution in [0, 0.1) is 0 Å². The van der Waals surface area contributed by atoms with E-state index in [0.29, 0.717) is 20.9 Å². The second-order valence-corrected chi connectivity index (χ2v) is 5.58. The smallest absolute Gasteiger partial charge is 0.234 e. The lowest BCUT2D eigenvalue weighted by atomic mass is 10.3. The molecule has 0 fully saturated rings. The van der Waals surface area contributed by atoms with E-state index in [1.165, 1.54) is 11.8 Å². The van der Waals surface area contributed by atoms with Crippen LogP contribution in [0.4, 0.5) is 5.69 Å². The van der Waals surface area contributed by atoms with E-state index >= 15 is 0 Å². The van der Waals surface area contributed by atoms with Crippen molar-refractivity contribution in [1.29, 1.82) is 0 Å². The Morgan fingerprint density at radius 2 is 2.25 bits per heavy atom. The van der Waals surface area contributed by atoms with Crippen molar-refractivity contribution >= 4 is 46.6 Å². The van der Waals surface area contributed by atoms with Gasteiger partial charge in [0.1, 0.15) is 5.82 Å². The van der Waals surface area contributed by atoms with Crippen LogP contribution in [0.25, 0.3) is 0 Å². The number of hydrogen-bond donors (Lipinski definition) is 2. The van der Waals surface area contributed by atoms with Gasteiger partial charge in [0.25, 0.3) is 0 Å². The number of hydrogen-bond acceptors (Lipinski definition) is 4. The minimum atomic E-state index is -0.193. The Kier molecular flexibility index (Phi) is 5.28. The van der Waals surface area contributed by atoms with Crippen LogP contribution in [0.2, 0.25) is 10.0 Å². The number of benzene rings is 1. The van der Waals surface area contributed by atoms with Crippen molar-refractivity contribution in [2.24, 2.45) is 0 Å². The second kappa shape index (κ2) is 6.97. The highest BCUT2D eigenvalue weighted by Gasteiger charge is 2.10. The molecule has 5 nitrogen and oxygen atoms in total. The van der Waals surface area contributed by atoms with Crippen LogP contribution in [0.5, 0.6) is 0 Å². The lowest BCUT2D eigenvalue weighted by Gasteiger charge is -2.07. The molecular weight excluding hydrogens is 319 g/mol. The number of nitrogens with zero attached hydrogens (tertiary/aromatic N) is 2. The van der Waals surface area contributed by atoms with Crippen molar-refractivity contribution < 1.29 is 4.79 Å². The molecule has 0 aliphatic carbocycles. The molecule has 2 N–H and O–H groups in total. The number of carbonyl (C=O) groups is 1. The van der Waals surface area contributed by atoms with Crippen molar-refractivity contribution in [1.82, 2.24) is 15.2 Å². The number of thioether (sulfide) groups is 1. The molecule has 1 heterocycles. The molecule has 1 aromatic carbocycles. The van der Waals surface area contributed by atoms with Crippen LogP contribution in [0.15, 0.2) is 23.4 Å². The summed E-state index contributed by atoms with van der Waals surface area (Å²) in [4.78, 5) is 16.0. The summed E-state index contributed by atoms with van der Waals surface area (Å²) in [6.07, 6.45) is 0.776. The summed E-state index contributed by atoms with van der Waals surface area (Å²) >= 11 is 13.1. The molecule has 1 amide bonds. The lowest BCUT2D eigenvalue weighted by molar-refractivity contribution is -0.113. The van der Waals surface area contributed by atoms with Gasteiger partial charge >= 0.3 is 0 Å². The molecule has 8 heteroatoms. The van der Waals surface area contributed by atoms with E-state index in [0.717, 1.165) is 12.2 Å². The maximum absolute atomic E-state index is 11.8. The number of halogens is 2. The summed E-state index contributed by atoms with van der Waals surface area (Å²) in [7, 11) is 0. The molecule has 0 bridgehead atoms. The van der Waals surface area contributed by atoms with Crippen LogP contribution in [-0.4, -0.2) is 26.8 Å². The second-order valence-electron chi connectivity index (χ2n) is 3.86. The zero-order chi connectivity index (χ0) is 14.5. The Morgan fingerprint density at radius 3 is 2.95 bits per heavy atom. The summed E-state index contributed by atoms with van der Waals surface area (Å²) in [6, 6.07) is 5.08. The minimum absolute atomic E-state index is 0.193. The van der Waals surface area contributed by atoms with E-state index in [4.69, 9.17) is 23.2 Å². The van der Waals surface area contributed by atoms with Crippen LogP contribution >= 0.6 is 35.0 Å². The van der Waals surface area contributed by atoms with Crippen molar-refractivity contribution in [2.45, 2.75) is 18.5 Å². The van der Waals surface area contributed by atoms with E-state index < -0.39 is 0 Å². The highest BCUT2D eigenvalue weighted by atomic mass is 35.5. The highest BCUT2D eigenvalue weighted by molar-refractivity contribution is 7.99. The van der Waals surface area contributed by atoms with Crippen molar-refractivity contribution in [2.75, 3.05) is 11.1 Å². The third kappa shape index (κ3) is 3.88. The summed E-state index contributed by atoms with van der Waals surface area (Å²) in [5.41, 5.74) is 0.494. The minimum Gasteiger partial charge on any atom is -0.324 e. The molecule has 0 radical (unpaired) electrons. The number of anilines is 1. The molecule has 0 spiro atoms. The van der Waals surface area contributed by atoms with Gasteiger partial charge in [-0.1, -0.05) is 48.0 Å². The normalized spacial score (nSPS) is 10.6. The summed E-state index contributed by atoms with van der Waals surface area (Å²) in [6.45, 7) is 1.98. The Morgan fingerprint density at radius 1 is 1.45 bits per heavy atom. The van der Waals surface area contributed by atoms with Gasteiger partial charge in [-0.3, -0.25) is 9.89 Å². The maximum Gasteiger partial charge on any atom is 0.234 e. The third-order valence-corrected chi connectivity index (χ3v) is 4.07. The van der Waals surface area contributed by atoms with Gasteiger partial charge < -0.3 is 5.32 Å². The molecule has 0 atom stereocenters. The first-order chi connectivity index (χ1) is 9.60. The van der Waals surface area contributed by atoms with Gasteiger partial charge in [0, 0.05) is 6.42 Å². The third-order valence-electron chi connectivity index (χ3n) is 2.40. The Bertz CT molecular complexity index is 617. The van der Waals surface area contributed by atoms with Crippen molar-refractivity contribution in [3.63, 3.8) is 0 Å². The molecule has 2 rings (SSSR count). The number of amides is 1. The number of carbonyl (C=O) groups excluding carboxylic acids is 1. The van der Waals surface area contributed by atoms with Gasteiger partial charge in [0.05, 0.1) is 21.5 Å². The van der Waals surface area contributed by atoms with Gasteiger partial charge in [-0.15, -0.1) is 5.10 Å². The summed E-state index contributed by atoms with van der Waals surface area (Å²) < 4.78 is 0. The lowest BCUT2D eigenvalue weighted by Crippen LogP contribution is -2.14. The fourth-order valence-electron chi connectivity index (χ4n) is 1.42. The topological polar surface area (TPSA) is 70.7 Å². The zero-order valence-corrected chi connectivity index (χ0v) is 12.9. The van der Waals surface area contributed by atoms with Gasteiger partial charge in [0.2, 0.25) is 11.1 Å². The Hall–Kier alpha value is -1.24. The van der Waals surface area contributed by atoms with Crippen molar-refractivity contribution in [3.05, 3.63) is 34.1 Å². The van der Waals surface area contributed by atoms with Crippen LogP contribution < -0.4 is 5.32 Å². The molecule has 0 saturated heterocycles. The van der Waals surface area contributed by atoms with E-state index in [9.17, 15) is 4.79 Å². The van der Waals surface area contributed by atoms with Crippen LogP contribution in [0.3, 0.4) is 0 Å². The molecule has 0 aliphatic rings. The van der Waals surface area contributed by atoms with E-state index in [1.807, 2.05) is 6.92 Å². The van der Waals surface area contributed by atoms with Gasteiger partial charge in [-0.25, -0.2) is 4.98 Å². The number of rotatable bonds is 5. The molecule has 0 unspecified atom stereocenters. The van der Waals surface area contributed by atoms with Crippen LogP contribution in [-0.2, 0) is 11.2 Å². The van der Waals surface area contributed by atoms with Gasteiger partial charge in [0.15, 0.2) is 0 Å². The summed E-state index contributed by atoms with van der Waals surface area (Å²) in [5.74, 6) is 0.803. The predicted molar refractivity (Wildman–Crippen MR) is 81.6 cm³/mol. The fourth-order valence-corrected chi connectivity index (χ4v) is 2.38. The molecule has 20 heavy (non-hydrogen) atoms. The van der Waals surface area contributed by atoms with Crippen molar-refractivity contribution in [3.8, 4) is 0 Å². The van der Waals surface area contributed by atoms with Gasteiger partial charge in [-0.05, 0) is 12.1 Å². The zero-order valence-electron chi connectivity index (χ0n) is 10.6. The largest absolute Gasteiger partial charge is 0.324 e. The molecule has 0 aliphatic heterocycles. The van der Waals surface area contributed by atoms with E-state index in [2.05, 4.69) is 20.5 Å². The molecule has 0 saturated carbocycles. The Labute approximate surface area is 130 Å². The maximum atomic E-state index is 11.8. The SMILES string of the molecule is CCc1nc(SCC(=O)Nc2cccc(Cl)c2Cl)n[nH]1. The number of aromatic amines is 1. The number of nitrogens with one attached hydrogen (secondary N) is 2. The van der Waals surface area contributed by atoms with Crippen LogP contribution in [0.1, 0.15) is 12.7 Å². The molecular formula is C12H12Cl2N4OS. The predicted octanol–water partition coefficient (Wildman–Crippen LogP) is 3.40. The Balaban J connectivity index is 1.91. The number of aryl methyl sites for hydroxylation is 1. The van der Waals surface area contributed by atoms with E-state index in [-0.39, 0.29) is 11.7 Å². The molecule has 2 aromatic rings. The quantitative estimate of drug-likeness (QED) is 0.824. The monoisotopic (exact) mass is 330 g/mol. The van der Waals surface area contributed by atoms with Gasteiger partial charge in [-0.2, -0.15) is 0 Å². The first-order valence-electron chi connectivity index (χ1n) is 5.88. The fraction of sp³-hybridized carbons (Fsp3) is 0.250. The number of H-pyrrole nitrogens is 1. The number of aromatic nitrogens is 3. The molecule has 106 valence electrons. The summed E-state index contributed by atoms with van der Waals surface area (Å²) in [5, 5.41) is 10.8. The standard InChI is InChI=1S/C12H12Cl2N4OS/c1-2-9-16-12(18-17-9)20-6-10(19)15-8-5-3-4-7(13)11(8)14/h3-5H,2,6H2,1H3,(H,15,19)(H,16,17,18). The first-order valence-corrected chi connectivity index (χ1v) is 7.62. The average Bonchev–Trinajstić information content (AvgIpc) is 2.90.